The minimum absolute atomic E-state index is 0.0303. The SMILES string of the molecule is C=CCCCc1ccc(C#Cc2ccc(-c3cc(F)c(F)c(F)c3)c(F)c2)cc1. The maximum Gasteiger partial charge on any atom is 0.194 e. The van der Waals surface area contributed by atoms with Crippen LogP contribution in [0, 0.1) is 35.1 Å². The Labute approximate surface area is 167 Å². The van der Waals surface area contributed by atoms with Gasteiger partial charge in [-0.15, -0.1) is 6.58 Å². The predicted octanol–water partition coefficient (Wildman–Crippen LogP) is 6.82. The highest BCUT2D eigenvalue weighted by molar-refractivity contribution is 5.65. The van der Waals surface area contributed by atoms with Gasteiger partial charge in [-0.3, -0.25) is 0 Å². The molecule has 0 amide bonds. The first kappa shape index (κ1) is 20.4. The summed E-state index contributed by atoms with van der Waals surface area (Å²) in [5.41, 5.74) is 2.32. The summed E-state index contributed by atoms with van der Waals surface area (Å²) in [6.45, 7) is 3.71. The molecule has 0 saturated heterocycles. The summed E-state index contributed by atoms with van der Waals surface area (Å²) in [4.78, 5) is 0. The monoisotopic (exact) mass is 394 g/mol. The summed E-state index contributed by atoms with van der Waals surface area (Å²) < 4.78 is 54.3. The van der Waals surface area contributed by atoms with Crippen molar-refractivity contribution < 1.29 is 17.6 Å². The standard InChI is InChI=1S/C25H18F4/c1-2-3-4-5-17-6-8-18(9-7-17)10-11-19-12-13-21(22(26)14-19)20-15-23(27)25(29)24(28)16-20/h2,6-9,12-16H,1,3-5H2. The lowest BCUT2D eigenvalue weighted by atomic mass is 10.0. The van der Waals surface area contributed by atoms with Crippen LogP contribution in [0.15, 0.2) is 67.3 Å². The summed E-state index contributed by atoms with van der Waals surface area (Å²) in [7, 11) is 0. The van der Waals surface area contributed by atoms with Gasteiger partial charge in [-0.1, -0.05) is 36.1 Å². The molecule has 0 nitrogen and oxygen atoms in total. The van der Waals surface area contributed by atoms with Gasteiger partial charge in [-0.05, 0) is 66.8 Å². The Hall–Kier alpha value is -3.32. The van der Waals surface area contributed by atoms with E-state index in [2.05, 4.69) is 18.4 Å². The second kappa shape index (κ2) is 9.25. The molecule has 0 atom stereocenters. The summed E-state index contributed by atoms with van der Waals surface area (Å²) in [6.07, 6.45) is 4.88. The molecule has 0 radical (unpaired) electrons. The van der Waals surface area contributed by atoms with Crippen molar-refractivity contribution in [2.45, 2.75) is 19.3 Å². The van der Waals surface area contributed by atoms with Crippen molar-refractivity contribution in [3.05, 3.63) is 107 Å². The van der Waals surface area contributed by atoms with Gasteiger partial charge in [0.15, 0.2) is 17.5 Å². The number of halogens is 4. The van der Waals surface area contributed by atoms with Gasteiger partial charge in [0, 0.05) is 16.7 Å². The van der Waals surface area contributed by atoms with E-state index in [0.717, 1.165) is 37.0 Å². The van der Waals surface area contributed by atoms with Gasteiger partial charge in [0.1, 0.15) is 5.82 Å². The van der Waals surface area contributed by atoms with E-state index in [1.54, 1.807) is 6.07 Å². The number of unbranched alkanes of at least 4 members (excludes halogenated alkanes) is 1. The van der Waals surface area contributed by atoms with Gasteiger partial charge in [0.2, 0.25) is 0 Å². The van der Waals surface area contributed by atoms with Crippen LogP contribution < -0.4 is 0 Å². The molecule has 3 aromatic carbocycles. The van der Waals surface area contributed by atoms with Crippen LogP contribution in [0.2, 0.25) is 0 Å². The van der Waals surface area contributed by atoms with Crippen LogP contribution in [0.5, 0.6) is 0 Å². The minimum Gasteiger partial charge on any atom is -0.206 e. The third-order valence-electron chi connectivity index (χ3n) is 4.44. The fraction of sp³-hybridized carbons (Fsp3) is 0.120. The molecular weight excluding hydrogens is 376 g/mol. The zero-order valence-corrected chi connectivity index (χ0v) is 15.6. The molecule has 0 aliphatic carbocycles. The molecular formula is C25H18F4. The second-order valence-electron chi connectivity index (χ2n) is 6.58. The van der Waals surface area contributed by atoms with E-state index in [9.17, 15) is 17.6 Å². The Morgan fingerprint density at radius 1 is 0.759 bits per heavy atom. The van der Waals surface area contributed by atoms with E-state index in [-0.39, 0.29) is 11.1 Å². The summed E-state index contributed by atoms with van der Waals surface area (Å²) in [5, 5.41) is 0. The average Bonchev–Trinajstić information content (AvgIpc) is 2.71. The number of allylic oxidation sites excluding steroid dienone is 1. The first-order chi connectivity index (χ1) is 14.0. The van der Waals surface area contributed by atoms with E-state index in [1.807, 2.05) is 30.3 Å². The lowest BCUT2D eigenvalue weighted by Crippen LogP contribution is -1.94. The van der Waals surface area contributed by atoms with Crippen LogP contribution >= 0.6 is 0 Å². The first-order valence-corrected chi connectivity index (χ1v) is 9.14. The lowest BCUT2D eigenvalue weighted by Gasteiger charge is -2.05. The van der Waals surface area contributed by atoms with Gasteiger partial charge in [-0.25, -0.2) is 17.6 Å². The largest absolute Gasteiger partial charge is 0.206 e. The second-order valence-corrected chi connectivity index (χ2v) is 6.58. The summed E-state index contributed by atoms with van der Waals surface area (Å²) in [5.74, 6) is 0.834. The van der Waals surface area contributed by atoms with E-state index < -0.39 is 23.3 Å². The Morgan fingerprint density at radius 3 is 2.00 bits per heavy atom. The lowest BCUT2D eigenvalue weighted by molar-refractivity contribution is 0.447. The number of hydrogen-bond acceptors (Lipinski definition) is 0. The highest BCUT2D eigenvalue weighted by atomic mass is 19.2. The zero-order chi connectivity index (χ0) is 20.8. The zero-order valence-electron chi connectivity index (χ0n) is 15.6. The van der Waals surface area contributed by atoms with Gasteiger partial charge in [0.05, 0.1) is 0 Å². The molecule has 0 aromatic heterocycles. The minimum atomic E-state index is -1.58. The molecule has 29 heavy (non-hydrogen) atoms. The first-order valence-electron chi connectivity index (χ1n) is 9.14. The van der Waals surface area contributed by atoms with Crippen molar-refractivity contribution in [3.8, 4) is 23.0 Å². The highest BCUT2D eigenvalue weighted by Crippen LogP contribution is 2.26. The van der Waals surface area contributed by atoms with Crippen LogP contribution in [0.25, 0.3) is 11.1 Å². The summed E-state index contributed by atoms with van der Waals surface area (Å²) in [6, 6.07) is 13.5. The molecule has 146 valence electrons. The van der Waals surface area contributed by atoms with Crippen molar-refractivity contribution in [1.82, 2.24) is 0 Å². The highest BCUT2D eigenvalue weighted by Gasteiger charge is 2.14. The van der Waals surface area contributed by atoms with E-state index in [0.29, 0.717) is 5.56 Å². The molecule has 0 aliphatic rings. The van der Waals surface area contributed by atoms with Crippen molar-refractivity contribution in [3.63, 3.8) is 0 Å². The smallest absolute Gasteiger partial charge is 0.194 e. The van der Waals surface area contributed by atoms with Crippen LogP contribution in [0.1, 0.15) is 29.5 Å². The maximum atomic E-state index is 14.4. The normalized spacial score (nSPS) is 10.3. The number of aryl methyl sites for hydroxylation is 1. The molecule has 4 heteroatoms. The molecule has 0 spiro atoms. The van der Waals surface area contributed by atoms with Crippen molar-refractivity contribution in [2.24, 2.45) is 0 Å². The van der Waals surface area contributed by atoms with Gasteiger partial charge in [-0.2, -0.15) is 0 Å². The molecule has 0 fully saturated rings. The van der Waals surface area contributed by atoms with Gasteiger partial charge >= 0.3 is 0 Å². The van der Waals surface area contributed by atoms with Crippen LogP contribution in [0.4, 0.5) is 17.6 Å². The van der Waals surface area contributed by atoms with Crippen LogP contribution in [0.3, 0.4) is 0 Å². The molecule has 0 unspecified atom stereocenters. The van der Waals surface area contributed by atoms with Crippen molar-refractivity contribution in [1.29, 1.82) is 0 Å². The average molecular weight is 394 g/mol. The number of benzene rings is 3. The Bertz CT molecular complexity index is 1060. The van der Waals surface area contributed by atoms with Gasteiger partial charge < -0.3 is 0 Å². The molecule has 0 N–H and O–H groups in total. The molecule has 0 aliphatic heterocycles. The Morgan fingerprint density at radius 2 is 1.38 bits per heavy atom. The fourth-order valence-electron chi connectivity index (χ4n) is 2.89. The van der Waals surface area contributed by atoms with Crippen molar-refractivity contribution in [2.75, 3.05) is 0 Å². The molecule has 3 rings (SSSR count). The van der Waals surface area contributed by atoms with E-state index in [4.69, 9.17) is 0 Å². The molecule has 3 aromatic rings. The Balaban J connectivity index is 1.77. The van der Waals surface area contributed by atoms with Crippen LogP contribution in [-0.2, 0) is 6.42 Å². The third-order valence-corrected chi connectivity index (χ3v) is 4.44. The fourth-order valence-corrected chi connectivity index (χ4v) is 2.89. The van der Waals surface area contributed by atoms with Crippen molar-refractivity contribution >= 4 is 0 Å². The number of rotatable bonds is 5. The van der Waals surface area contributed by atoms with Crippen LogP contribution in [-0.4, -0.2) is 0 Å². The number of hydrogen-bond donors (Lipinski definition) is 0. The van der Waals surface area contributed by atoms with Gasteiger partial charge in [0.25, 0.3) is 0 Å². The molecule has 0 heterocycles. The molecule has 0 bridgehead atoms. The summed E-state index contributed by atoms with van der Waals surface area (Å²) >= 11 is 0. The molecule has 0 saturated carbocycles. The topological polar surface area (TPSA) is 0 Å². The predicted molar refractivity (Wildman–Crippen MR) is 107 cm³/mol. The van der Waals surface area contributed by atoms with E-state index >= 15 is 0 Å². The third kappa shape index (κ3) is 5.14. The van der Waals surface area contributed by atoms with E-state index in [1.165, 1.54) is 17.7 Å². The Kier molecular flexibility index (Phi) is 6.51. The quantitative estimate of drug-likeness (QED) is 0.146. The maximum absolute atomic E-state index is 14.4.